The van der Waals surface area contributed by atoms with Crippen molar-refractivity contribution in [2.45, 2.75) is 51.8 Å². The molecule has 2 atom stereocenters. The minimum Gasteiger partial charge on any atom is -0.375 e. The number of fused-ring (bicyclic) bond motifs is 1. The number of aromatic nitrogens is 1. The van der Waals surface area contributed by atoms with Crippen molar-refractivity contribution in [3.8, 4) is 0 Å². The molecule has 0 bridgehead atoms. The van der Waals surface area contributed by atoms with Crippen LogP contribution in [-0.4, -0.2) is 66.3 Å². The van der Waals surface area contributed by atoms with E-state index in [1.54, 1.807) is 11.9 Å². The fourth-order valence-corrected chi connectivity index (χ4v) is 5.43. The van der Waals surface area contributed by atoms with Crippen molar-refractivity contribution >= 4 is 45.6 Å². The predicted molar refractivity (Wildman–Crippen MR) is 117 cm³/mol. The third-order valence-electron chi connectivity index (χ3n) is 5.74. The summed E-state index contributed by atoms with van der Waals surface area (Å²) >= 11 is 7.56. The number of nitrogens with one attached hydrogen (secondary N) is 1. The van der Waals surface area contributed by atoms with Crippen molar-refractivity contribution in [2.24, 2.45) is 4.99 Å². The number of hydrogen-bond donors (Lipinski definition) is 1. The quantitative estimate of drug-likeness (QED) is 0.671. The van der Waals surface area contributed by atoms with Crippen LogP contribution in [0.1, 0.15) is 48.5 Å². The zero-order chi connectivity index (χ0) is 21.4. The summed E-state index contributed by atoms with van der Waals surface area (Å²) in [6, 6.07) is -0.111. The monoisotopic (exact) mass is 451 g/mol. The molecule has 1 saturated heterocycles. The van der Waals surface area contributed by atoms with Crippen LogP contribution in [-0.2, 0) is 16.1 Å². The van der Waals surface area contributed by atoms with Crippen LogP contribution in [0.2, 0.25) is 0 Å². The number of aliphatic imine (C=N–C) groups is 1. The Bertz CT molecular complexity index is 928. The molecule has 1 aromatic rings. The van der Waals surface area contributed by atoms with Crippen LogP contribution in [0, 0.1) is 0 Å². The summed E-state index contributed by atoms with van der Waals surface area (Å²) in [4.78, 5) is 38.4. The van der Waals surface area contributed by atoms with Crippen molar-refractivity contribution in [3.05, 3.63) is 21.3 Å². The van der Waals surface area contributed by atoms with Crippen LogP contribution < -0.4 is 10.2 Å². The van der Waals surface area contributed by atoms with Gasteiger partial charge in [-0.1, -0.05) is 29.9 Å². The first-order valence-electron chi connectivity index (χ1n) is 10.3. The number of carbonyl (C=O) groups is 2. The van der Waals surface area contributed by atoms with Gasteiger partial charge in [-0.2, -0.15) is 0 Å². The topological polar surface area (TPSA) is 87.1 Å². The molecule has 0 spiro atoms. The van der Waals surface area contributed by atoms with Crippen molar-refractivity contribution < 1.29 is 14.3 Å². The Morgan fingerprint density at radius 2 is 2.20 bits per heavy atom. The molecule has 0 saturated carbocycles. The zero-order valence-corrected chi connectivity index (χ0v) is 19.0. The van der Waals surface area contributed by atoms with Crippen LogP contribution >= 0.6 is 22.9 Å². The number of ether oxygens (including phenoxy) is 1. The van der Waals surface area contributed by atoms with Crippen molar-refractivity contribution in [3.63, 3.8) is 0 Å². The molecule has 0 aliphatic carbocycles. The maximum Gasteiger partial charge on any atom is 0.266 e. The molecule has 30 heavy (non-hydrogen) atoms. The number of halogens is 1. The van der Waals surface area contributed by atoms with Crippen LogP contribution in [0.4, 0.5) is 5.13 Å². The van der Waals surface area contributed by atoms with Gasteiger partial charge >= 0.3 is 0 Å². The molecule has 8 nitrogen and oxygen atoms in total. The standard InChI is InChI=1S/C20H26ClN5O3S/c1-4-11-8-13(22-17(11)21)18(27)23-12-6-7-26(10-15(12)29-5-2)20-24-14-9-25(3)19(28)16(14)30-20/h12,15H,4-10H2,1-3H3,(H,23,27)/t12-,15+/m1/s1. The maximum atomic E-state index is 12.7. The second-order valence-corrected chi connectivity index (χ2v) is 9.06. The first-order chi connectivity index (χ1) is 14.4. The fraction of sp³-hybridized carbons (Fsp3) is 0.600. The first-order valence-corrected chi connectivity index (χ1v) is 11.5. The van der Waals surface area contributed by atoms with E-state index in [4.69, 9.17) is 16.3 Å². The normalized spacial score (nSPS) is 23.9. The van der Waals surface area contributed by atoms with Crippen LogP contribution in [0.3, 0.4) is 0 Å². The Morgan fingerprint density at radius 3 is 2.87 bits per heavy atom. The molecular formula is C20H26ClN5O3S. The lowest BCUT2D eigenvalue weighted by atomic mass is 10.0. The number of thiazole rings is 1. The van der Waals surface area contributed by atoms with E-state index in [2.05, 4.69) is 20.2 Å². The molecule has 162 valence electrons. The minimum atomic E-state index is -0.179. The number of allylic oxidation sites excluding steroid dienone is 1. The van der Waals surface area contributed by atoms with E-state index in [0.717, 1.165) is 40.7 Å². The Kier molecular flexibility index (Phi) is 6.13. The molecule has 3 aliphatic rings. The van der Waals surface area contributed by atoms with Crippen LogP contribution in [0.5, 0.6) is 0 Å². The van der Waals surface area contributed by atoms with E-state index in [-0.39, 0.29) is 24.0 Å². The van der Waals surface area contributed by atoms with Gasteiger partial charge in [0.25, 0.3) is 11.8 Å². The molecule has 0 aromatic carbocycles. The lowest BCUT2D eigenvalue weighted by Crippen LogP contribution is -2.56. The number of carbonyl (C=O) groups excluding carboxylic acids is 2. The third-order valence-corrected chi connectivity index (χ3v) is 7.23. The van der Waals surface area contributed by atoms with Gasteiger partial charge in [0.15, 0.2) is 5.13 Å². The molecule has 1 N–H and O–H groups in total. The van der Waals surface area contributed by atoms with Gasteiger partial charge in [-0.25, -0.2) is 9.98 Å². The highest BCUT2D eigenvalue weighted by atomic mass is 35.5. The Morgan fingerprint density at radius 1 is 1.40 bits per heavy atom. The molecule has 1 aromatic heterocycles. The van der Waals surface area contributed by atoms with Gasteiger partial charge in [0.1, 0.15) is 15.7 Å². The van der Waals surface area contributed by atoms with Gasteiger partial charge in [0.2, 0.25) is 0 Å². The highest BCUT2D eigenvalue weighted by molar-refractivity contribution is 7.17. The Labute approximate surface area is 184 Å². The van der Waals surface area contributed by atoms with Gasteiger partial charge < -0.3 is 19.9 Å². The highest BCUT2D eigenvalue weighted by Gasteiger charge is 2.36. The summed E-state index contributed by atoms with van der Waals surface area (Å²) in [7, 11) is 1.79. The van der Waals surface area contributed by atoms with Gasteiger partial charge in [-0.15, -0.1) is 0 Å². The SMILES string of the molecule is CCO[C@H]1CN(c2nc3c(s2)C(=O)N(C)C3)CC[C@H]1NC(=O)C1=NC(Cl)=C(CC)C1. The summed E-state index contributed by atoms with van der Waals surface area (Å²) in [6.07, 6.45) is 1.85. The molecule has 4 rings (SSSR count). The van der Waals surface area contributed by atoms with Gasteiger partial charge in [0.05, 0.1) is 24.4 Å². The second kappa shape index (κ2) is 8.64. The van der Waals surface area contributed by atoms with E-state index in [9.17, 15) is 9.59 Å². The zero-order valence-electron chi connectivity index (χ0n) is 17.4. The summed E-state index contributed by atoms with van der Waals surface area (Å²) < 4.78 is 5.96. The number of piperidine rings is 1. The summed E-state index contributed by atoms with van der Waals surface area (Å²) in [5.41, 5.74) is 2.31. The molecule has 4 heterocycles. The minimum absolute atomic E-state index is 0.0355. The molecule has 3 aliphatic heterocycles. The largest absolute Gasteiger partial charge is 0.375 e. The number of nitrogens with zero attached hydrogens (tertiary/aromatic N) is 4. The molecular weight excluding hydrogens is 426 g/mol. The molecule has 1 fully saturated rings. The molecule has 0 unspecified atom stereocenters. The third kappa shape index (κ3) is 3.98. The molecule has 2 amide bonds. The average molecular weight is 452 g/mol. The fourth-order valence-electron chi connectivity index (χ4n) is 4.02. The smallest absolute Gasteiger partial charge is 0.266 e. The molecule has 10 heteroatoms. The summed E-state index contributed by atoms with van der Waals surface area (Å²) in [5.74, 6) is -0.144. The van der Waals surface area contributed by atoms with E-state index in [0.29, 0.717) is 37.0 Å². The molecule has 0 radical (unpaired) electrons. The Hall–Kier alpha value is -1.97. The average Bonchev–Trinajstić information content (AvgIpc) is 3.38. The van der Waals surface area contributed by atoms with Crippen LogP contribution in [0.25, 0.3) is 0 Å². The number of anilines is 1. The second-order valence-electron chi connectivity index (χ2n) is 7.73. The van der Waals surface area contributed by atoms with Gasteiger partial charge in [-0.05, 0) is 25.3 Å². The van der Waals surface area contributed by atoms with E-state index in [1.165, 1.54) is 11.3 Å². The van der Waals surface area contributed by atoms with Crippen molar-refractivity contribution in [2.75, 3.05) is 31.6 Å². The Balaban J connectivity index is 1.41. The van der Waals surface area contributed by atoms with E-state index >= 15 is 0 Å². The van der Waals surface area contributed by atoms with Crippen molar-refractivity contribution in [1.82, 2.24) is 15.2 Å². The highest BCUT2D eigenvalue weighted by Crippen LogP contribution is 2.34. The summed E-state index contributed by atoms with van der Waals surface area (Å²) in [6.45, 7) is 6.41. The predicted octanol–water partition coefficient (Wildman–Crippen LogP) is 2.53. The maximum absolute atomic E-state index is 12.7. The number of rotatable bonds is 6. The van der Waals surface area contributed by atoms with E-state index in [1.807, 2.05) is 13.8 Å². The van der Waals surface area contributed by atoms with Crippen molar-refractivity contribution in [1.29, 1.82) is 0 Å². The van der Waals surface area contributed by atoms with E-state index < -0.39 is 0 Å². The van der Waals surface area contributed by atoms with Gasteiger partial charge in [0, 0.05) is 33.2 Å². The summed E-state index contributed by atoms with van der Waals surface area (Å²) in [5, 5.41) is 4.39. The lowest BCUT2D eigenvalue weighted by Gasteiger charge is -2.38. The lowest BCUT2D eigenvalue weighted by molar-refractivity contribution is -0.117. The number of hydrogen-bond acceptors (Lipinski definition) is 7. The first kappa shape index (κ1) is 21.3. The number of amides is 2. The van der Waals surface area contributed by atoms with Crippen LogP contribution in [0.15, 0.2) is 15.7 Å². The van der Waals surface area contributed by atoms with Gasteiger partial charge in [-0.3, -0.25) is 9.59 Å².